The van der Waals surface area contributed by atoms with Crippen molar-refractivity contribution in [2.45, 2.75) is 6.92 Å². The van der Waals surface area contributed by atoms with Gasteiger partial charge in [0.1, 0.15) is 17.5 Å². The van der Waals surface area contributed by atoms with Crippen LogP contribution in [0.1, 0.15) is 6.92 Å². The fraction of sp³-hybridized carbons (Fsp3) is 0.458. The Balaban J connectivity index is 1.49. The number of ether oxygens (including phenoxy) is 1. The van der Waals surface area contributed by atoms with Gasteiger partial charge in [0.05, 0.1) is 30.5 Å². The van der Waals surface area contributed by atoms with E-state index in [0.29, 0.717) is 11.2 Å². The third-order valence-electron chi connectivity index (χ3n) is 6.64. The molecule has 0 aliphatic carbocycles. The van der Waals surface area contributed by atoms with E-state index in [0.717, 1.165) is 81.7 Å². The molecule has 0 spiro atoms. The lowest BCUT2D eigenvalue weighted by atomic mass is 10.1. The quantitative estimate of drug-likeness (QED) is 0.634. The molecule has 0 aromatic carbocycles. The lowest BCUT2D eigenvalue weighted by Gasteiger charge is -2.35. The molecule has 2 fully saturated rings. The van der Waals surface area contributed by atoms with E-state index in [1.54, 1.807) is 6.20 Å². The zero-order chi connectivity index (χ0) is 22.8. The number of nitrogens with zero attached hydrogens (tertiary/aromatic N) is 6. The van der Waals surface area contributed by atoms with E-state index in [4.69, 9.17) is 9.72 Å². The van der Waals surface area contributed by atoms with Gasteiger partial charge in [-0.25, -0.2) is 9.97 Å². The van der Waals surface area contributed by atoms with Crippen LogP contribution in [0.2, 0.25) is 0 Å². The third-order valence-corrected chi connectivity index (χ3v) is 6.64. The van der Waals surface area contributed by atoms with Crippen molar-refractivity contribution in [3.05, 3.63) is 47.0 Å². The normalized spacial score (nSPS) is 17.5. The number of aromatic nitrogens is 3. The third kappa shape index (κ3) is 4.38. The van der Waals surface area contributed by atoms with E-state index in [9.17, 15) is 4.79 Å². The van der Waals surface area contributed by atoms with Crippen LogP contribution in [0.25, 0.3) is 10.8 Å². The first kappa shape index (κ1) is 21.7. The van der Waals surface area contributed by atoms with Gasteiger partial charge >= 0.3 is 0 Å². The number of hydrogen-bond donors (Lipinski definition) is 1. The zero-order valence-electron chi connectivity index (χ0n) is 19.3. The van der Waals surface area contributed by atoms with Crippen molar-refractivity contribution < 1.29 is 4.74 Å². The molecule has 5 heterocycles. The van der Waals surface area contributed by atoms with Gasteiger partial charge in [-0.15, -0.1) is 0 Å². The largest absolute Gasteiger partial charge is 0.378 e. The molecule has 174 valence electrons. The Morgan fingerprint density at radius 3 is 2.48 bits per heavy atom. The highest BCUT2D eigenvalue weighted by atomic mass is 16.5. The predicted octanol–water partition coefficient (Wildman–Crippen LogP) is 2.06. The summed E-state index contributed by atoms with van der Waals surface area (Å²) in [6.45, 7) is 10.3. The van der Waals surface area contributed by atoms with Crippen LogP contribution in [-0.4, -0.2) is 85.9 Å². The molecule has 9 heteroatoms. The molecule has 0 saturated carbocycles. The maximum atomic E-state index is 12.8. The lowest BCUT2D eigenvalue weighted by molar-refractivity contribution is 0.122. The minimum atomic E-state index is -0.137. The molecule has 9 nitrogen and oxygen atoms in total. The molecular weight excluding hydrogens is 418 g/mol. The van der Waals surface area contributed by atoms with Gasteiger partial charge in [-0.3, -0.25) is 4.79 Å². The second kappa shape index (κ2) is 9.36. The Hall–Kier alpha value is -3.17. The summed E-state index contributed by atoms with van der Waals surface area (Å²) in [6.07, 6.45) is 3.55. The van der Waals surface area contributed by atoms with Gasteiger partial charge in [0.25, 0.3) is 5.56 Å². The fourth-order valence-corrected chi connectivity index (χ4v) is 4.56. The molecule has 3 aromatic rings. The summed E-state index contributed by atoms with van der Waals surface area (Å²) in [5, 5.41) is 1.48. The standard InChI is InChI=1S/C24H31N7O2/c1-3-29-8-10-30(11-9-29)21-16-18-6-7-25-24(32)22(18)23(27-21)28(2)19-4-5-20(26-17-19)31-12-14-33-15-13-31/h4-7,16-17H,3,8-15H2,1-2H3,(H,25,32). The Morgan fingerprint density at radius 2 is 1.79 bits per heavy atom. The minimum Gasteiger partial charge on any atom is -0.378 e. The summed E-state index contributed by atoms with van der Waals surface area (Å²) in [5.41, 5.74) is 0.749. The Kier molecular flexibility index (Phi) is 6.15. The number of nitrogens with one attached hydrogen (secondary N) is 1. The Bertz CT molecular complexity index is 1150. The van der Waals surface area contributed by atoms with Crippen LogP contribution in [0.5, 0.6) is 0 Å². The number of pyridine rings is 3. The molecule has 0 radical (unpaired) electrons. The predicted molar refractivity (Wildman–Crippen MR) is 132 cm³/mol. The van der Waals surface area contributed by atoms with Crippen LogP contribution in [0.3, 0.4) is 0 Å². The van der Waals surface area contributed by atoms with Gasteiger partial charge in [0, 0.05) is 52.5 Å². The van der Waals surface area contributed by atoms with E-state index >= 15 is 0 Å². The molecule has 0 bridgehead atoms. The van der Waals surface area contributed by atoms with Crippen molar-refractivity contribution in [1.82, 2.24) is 19.9 Å². The average Bonchev–Trinajstić information content (AvgIpc) is 2.88. The first-order chi connectivity index (χ1) is 16.1. The first-order valence-corrected chi connectivity index (χ1v) is 11.7. The summed E-state index contributed by atoms with van der Waals surface area (Å²) < 4.78 is 5.44. The fourth-order valence-electron chi connectivity index (χ4n) is 4.56. The summed E-state index contributed by atoms with van der Waals surface area (Å²) >= 11 is 0. The van der Waals surface area contributed by atoms with Gasteiger partial charge in [-0.05, 0) is 36.2 Å². The van der Waals surface area contributed by atoms with Crippen molar-refractivity contribution in [2.24, 2.45) is 0 Å². The molecule has 0 amide bonds. The Morgan fingerprint density at radius 1 is 1.03 bits per heavy atom. The topological polar surface area (TPSA) is 80.8 Å². The number of morpholine rings is 1. The molecule has 2 aliphatic rings. The van der Waals surface area contributed by atoms with Crippen molar-refractivity contribution in [2.75, 3.05) is 80.8 Å². The average molecular weight is 450 g/mol. The highest BCUT2D eigenvalue weighted by Crippen LogP contribution is 2.31. The van der Waals surface area contributed by atoms with E-state index in [2.05, 4.69) is 31.6 Å². The maximum absolute atomic E-state index is 12.8. The van der Waals surface area contributed by atoms with Gasteiger partial charge in [-0.2, -0.15) is 0 Å². The van der Waals surface area contributed by atoms with Crippen molar-refractivity contribution in [3.8, 4) is 0 Å². The molecule has 33 heavy (non-hydrogen) atoms. The smallest absolute Gasteiger partial charge is 0.259 e. The number of H-pyrrole nitrogens is 1. The monoisotopic (exact) mass is 449 g/mol. The summed E-state index contributed by atoms with van der Waals surface area (Å²) in [4.78, 5) is 34.2. The van der Waals surface area contributed by atoms with Crippen LogP contribution < -0.4 is 20.3 Å². The molecule has 0 atom stereocenters. The van der Waals surface area contributed by atoms with Crippen molar-refractivity contribution >= 4 is 33.9 Å². The number of hydrogen-bond acceptors (Lipinski definition) is 8. The zero-order valence-corrected chi connectivity index (χ0v) is 19.3. The molecule has 2 saturated heterocycles. The Labute approximate surface area is 193 Å². The van der Waals surface area contributed by atoms with Crippen LogP contribution in [-0.2, 0) is 4.74 Å². The van der Waals surface area contributed by atoms with E-state index in [1.807, 2.05) is 42.4 Å². The number of aromatic amines is 1. The number of likely N-dealkylation sites (N-methyl/N-ethyl adjacent to an activating group) is 1. The van der Waals surface area contributed by atoms with Crippen LogP contribution in [0.15, 0.2) is 41.5 Å². The molecule has 5 rings (SSSR count). The van der Waals surface area contributed by atoms with E-state index < -0.39 is 0 Å². The van der Waals surface area contributed by atoms with Gasteiger partial charge in [-0.1, -0.05) is 6.92 Å². The van der Waals surface area contributed by atoms with Crippen LogP contribution >= 0.6 is 0 Å². The molecule has 0 unspecified atom stereocenters. The molecule has 1 N–H and O–H groups in total. The summed E-state index contributed by atoms with van der Waals surface area (Å²) in [5.74, 6) is 2.49. The second-order valence-electron chi connectivity index (χ2n) is 8.53. The molecule has 3 aromatic heterocycles. The lowest BCUT2D eigenvalue weighted by Crippen LogP contribution is -2.46. The number of piperazine rings is 1. The minimum absolute atomic E-state index is 0.137. The number of anilines is 4. The SMILES string of the molecule is CCN1CCN(c2cc3cc[nH]c(=O)c3c(N(C)c3ccc(N4CCOCC4)nc3)n2)CC1. The van der Waals surface area contributed by atoms with E-state index in [-0.39, 0.29) is 5.56 Å². The molecule has 2 aliphatic heterocycles. The maximum Gasteiger partial charge on any atom is 0.259 e. The summed E-state index contributed by atoms with van der Waals surface area (Å²) in [7, 11) is 1.94. The number of fused-ring (bicyclic) bond motifs is 1. The first-order valence-electron chi connectivity index (χ1n) is 11.7. The summed E-state index contributed by atoms with van der Waals surface area (Å²) in [6, 6.07) is 8.04. The highest BCUT2D eigenvalue weighted by molar-refractivity contribution is 5.95. The molecular formula is C24H31N7O2. The number of rotatable bonds is 5. The van der Waals surface area contributed by atoms with Crippen LogP contribution in [0.4, 0.5) is 23.1 Å². The van der Waals surface area contributed by atoms with Gasteiger partial charge in [0.2, 0.25) is 0 Å². The highest BCUT2D eigenvalue weighted by Gasteiger charge is 2.21. The van der Waals surface area contributed by atoms with Crippen molar-refractivity contribution in [3.63, 3.8) is 0 Å². The van der Waals surface area contributed by atoms with Crippen LogP contribution in [0, 0.1) is 0 Å². The van der Waals surface area contributed by atoms with Gasteiger partial charge in [0.15, 0.2) is 0 Å². The van der Waals surface area contributed by atoms with E-state index in [1.165, 1.54) is 0 Å². The van der Waals surface area contributed by atoms with Gasteiger partial charge < -0.3 is 29.3 Å². The van der Waals surface area contributed by atoms with Crippen molar-refractivity contribution in [1.29, 1.82) is 0 Å². The second-order valence-corrected chi connectivity index (χ2v) is 8.53.